The highest BCUT2D eigenvalue weighted by Gasteiger charge is 2.54. The van der Waals surface area contributed by atoms with Gasteiger partial charge in [-0.05, 0) is 56.9 Å². The van der Waals surface area contributed by atoms with Crippen molar-refractivity contribution in [2.24, 2.45) is 0 Å². The third kappa shape index (κ3) is 4.84. The van der Waals surface area contributed by atoms with E-state index in [-0.39, 0.29) is 29.7 Å². The number of hydrogen-bond acceptors (Lipinski definition) is 7. The Morgan fingerprint density at radius 3 is 2.33 bits per heavy atom. The van der Waals surface area contributed by atoms with Crippen molar-refractivity contribution < 1.29 is 28.6 Å². The normalized spacial score (nSPS) is 16.4. The van der Waals surface area contributed by atoms with Gasteiger partial charge in [-0.3, -0.25) is 9.59 Å². The summed E-state index contributed by atoms with van der Waals surface area (Å²) >= 11 is 13.0. The molecule has 1 spiro atoms. The number of esters is 2. The number of amides is 1. The van der Waals surface area contributed by atoms with Crippen LogP contribution in [0.4, 0.5) is 0 Å². The van der Waals surface area contributed by atoms with Gasteiger partial charge in [-0.1, -0.05) is 36.7 Å². The van der Waals surface area contributed by atoms with Gasteiger partial charge in [0.25, 0.3) is 5.91 Å². The van der Waals surface area contributed by atoms with Crippen LogP contribution in [0, 0.1) is 6.92 Å². The number of hydrogen-bond donors (Lipinski definition) is 1. The first-order valence-electron chi connectivity index (χ1n) is 11.8. The molecule has 1 N–H and O–H groups in total. The van der Waals surface area contributed by atoms with Crippen LogP contribution in [0.1, 0.15) is 57.3 Å². The summed E-state index contributed by atoms with van der Waals surface area (Å²) in [7, 11) is 3.82. The van der Waals surface area contributed by atoms with E-state index in [1.54, 1.807) is 30.3 Å². The molecule has 10 heteroatoms. The predicted molar refractivity (Wildman–Crippen MR) is 148 cm³/mol. The van der Waals surface area contributed by atoms with Gasteiger partial charge in [0.05, 0.1) is 10.6 Å². The molecule has 0 saturated heterocycles. The molecular formula is C29H28Cl2N2O6. The van der Waals surface area contributed by atoms with Gasteiger partial charge in [0, 0.05) is 53.4 Å². The summed E-state index contributed by atoms with van der Waals surface area (Å²) in [5, 5.41) is 3.44. The summed E-state index contributed by atoms with van der Waals surface area (Å²) in [6, 6.07) is 11.4. The molecule has 2 heterocycles. The number of fused-ring (bicyclic) bond motifs is 6. The average molecular weight is 571 g/mol. The maximum Gasteiger partial charge on any atom is 0.340 e. The van der Waals surface area contributed by atoms with Gasteiger partial charge < -0.3 is 24.4 Å². The Morgan fingerprint density at radius 2 is 1.67 bits per heavy atom. The van der Waals surface area contributed by atoms with Crippen LogP contribution in [0.5, 0.6) is 17.2 Å². The molecule has 0 aromatic heterocycles. The molecule has 3 aromatic rings. The minimum absolute atomic E-state index is 0. The number of carbonyl (C=O) groups excluding carboxylic acids is 3. The summed E-state index contributed by atoms with van der Waals surface area (Å²) in [5.74, 6) is -0.638. The van der Waals surface area contributed by atoms with Crippen LogP contribution in [-0.4, -0.2) is 49.9 Å². The second kappa shape index (κ2) is 10.5. The second-order valence-electron chi connectivity index (χ2n) is 9.46. The topological polar surface area (TPSA) is 94.2 Å². The number of rotatable bonds is 5. The number of nitrogens with zero attached hydrogens (tertiary/aromatic N) is 1. The van der Waals surface area contributed by atoms with E-state index in [1.165, 1.54) is 19.1 Å². The molecule has 1 unspecified atom stereocenters. The van der Waals surface area contributed by atoms with E-state index in [0.717, 1.165) is 5.56 Å². The number of ether oxygens (including phenoxy) is 3. The van der Waals surface area contributed by atoms with Gasteiger partial charge in [-0.25, -0.2) is 4.79 Å². The zero-order valence-electron chi connectivity index (χ0n) is 21.1. The summed E-state index contributed by atoms with van der Waals surface area (Å²) in [5.41, 5.74) is 1.32. The Labute approximate surface area is 236 Å². The van der Waals surface area contributed by atoms with Crippen molar-refractivity contribution in [1.82, 2.24) is 10.2 Å². The molecule has 204 valence electrons. The number of benzene rings is 3. The molecule has 8 nitrogen and oxygen atoms in total. The fourth-order valence-corrected chi connectivity index (χ4v) is 5.08. The molecule has 3 aromatic carbocycles. The second-order valence-corrected chi connectivity index (χ2v) is 10.3. The van der Waals surface area contributed by atoms with E-state index < -0.39 is 17.5 Å². The molecule has 0 bridgehead atoms. The first kappa shape index (κ1) is 28.4. The zero-order chi connectivity index (χ0) is 27.4. The summed E-state index contributed by atoms with van der Waals surface area (Å²) in [4.78, 5) is 39.7. The van der Waals surface area contributed by atoms with Gasteiger partial charge in [0.2, 0.25) is 0 Å². The van der Waals surface area contributed by atoms with E-state index >= 15 is 0 Å². The fourth-order valence-electron chi connectivity index (χ4n) is 4.71. The molecule has 1 amide bonds. The molecular weight excluding hydrogens is 543 g/mol. The molecule has 5 rings (SSSR count). The van der Waals surface area contributed by atoms with Crippen LogP contribution < -0.4 is 14.8 Å². The highest BCUT2D eigenvalue weighted by atomic mass is 35.5. The van der Waals surface area contributed by atoms with Gasteiger partial charge in [-0.2, -0.15) is 0 Å². The van der Waals surface area contributed by atoms with Crippen molar-refractivity contribution in [2.45, 2.75) is 26.9 Å². The average Bonchev–Trinajstić information content (AvgIpc) is 3.13. The molecule has 2 aliphatic heterocycles. The summed E-state index contributed by atoms with van der Waals surface area (Å²) in [6.07, 6.45) is 0. The lowest BCUT2D eigenvalue weighted by Gasteiger charge is -2.37. The zero-order valence-corrected chi connectivity index (χ0v) is 22.6. The molecule has 0 radical (unpaired) electrons. The largest absolute Gasteiger partial charge is 0.456 e. The van der Waals surface area contributed by atoms with Crippen molar-refractivity contribution in [1.29, 1.82) is 0 Å². The number of carbonyl (C=O) groups is 3. The highest BCUT2D eigenvalue weighted by molar-refractivity contribution is 6.32. The van der Waals surface area contributed by atoms with Crippen molar-refractivity contribution in [3.05, 3.63) is 85.9 Å². The minimum atomic E-state index is -1.45. The number of halogens is 2. The Kier molecular flexibility index (Phi) is 7.67. The van der Waals surface area contributed by atoms with Crippen molar-refractivity contribution in [3.63, 3.8) is 0 Å². The van der Waals surface area contributed by atoms with Crippen LogP contribution in [0.2, 0.25) is 10.0 Å². The van der Waals surface area contributed by atoms with Crippen molar-refractivity contribution in [2.75, 3.05) is 27.2 Å². The SMILES string of the molecule is C.CC(=O)Oc1cc2c(cc1Cl)C1(OC(=O)c3cc(C(=O)NCCN(C)C)ccc31)c1cc(Cl)c(C)cc1O2. The maximum absolute atomic E-state index is 13.3. The number of nitrogens with one attached hydrogen (secondary N) is 1. The van der Waals surface area contributed by atoms with Gasteiger partial charge in [-0.15, -0.1) is 0 Å². The monoisotopic (exact) mass is 570 g/mol. The molecule has 0 saturated carbocycles. The highest BCUT2D eigenvalue weighted by Crippen LogP contribution is 2.58. The standard InChI is InChI=1S/C28H24Cl2N2O6.CH4/c1-14-9-23-19(11-21(14)29)28(20-12-22(30)25(36-15(2)33)13-24(20)37-23)18-6-5-16(10-17(18)27(35)38-28)26(34)31-7-8-32(3)4;/h5-6,9-13H,7-8H2,1-4H3,(H,31,34);1H4. The molecule has 0 fully saturated rings. The van der Waals surface area contributed by atoms with E-state index in [2.05, 4.69) is 5.32 Å². The Balaban J connectivity index is 0.00000353. The van der Waals surface area contributed by atoms with Crippen molar-refractivity contribution >= 4 is 41.0 Å². The van der Waals surface area contributed by atoms with E-state index in [0.29, 0.717) is 51.9 Å². The third-order valence-electron chi connectivity index (χ3n) is 6.50. The third-order valence-corrected chi connectivity index (χ3v) is 7.20. The first-order chi connectivity index (χ1) is 18.0. The van der Waals surface area contributed by atoms with Gasteiger partial charge >= 0.3 is 11.9 Å². The van der Waals surface area contributed by atoms with Crippen LogP contribution in [0.3, 0.4) is 0 Å². The van der Waals surface area contributed by atoms with Crippen LogP contribution in [-0.2, 0) is 15.1 Å². The Morgan fingerprint density at radius 1 is 1.00 bits per heavy atom. The molecule has 39 heavy (non-hydrogen) atoms. The smallest absolute Gasteiger partial charge is 0.340 e. The minimum Gasteiger partial charge on any atom is -0.456 e. The summed E-state index contributed by atoms with van der Waals surface area (Å²) in [6.45, 7) is 4.22. The summed E-state index contributed by atoms with van der Waals surface area (Å²) < 4.78 is 17.6. The lowest BCUT2D eigenvalue weighted by atomic mass is 9.77. The van der Waals surface area contributed by atoms with Crippen LogP contribution in [0.25, 0.3) is 0 Å². The van der Waals surface area contributed by atoms with Crippen LogP contribution in [0.15, 0.2) is 42.5 Å². The maximum atomic E-state index is 13.3. The number of aryl methyl sites for hydroxylation is 1. The molecule has 1 atom stereocenters. The fraction of sp³-hybridized carbons (Fsp3) is 0.276. The molecule has 2 aliphatic rings. The van der Waals surface area contributed by atoms with E-state index in [4.69, 9.17) is 37.4 Å². The lowest BCUT2D eigenvalue weighted by Crippen LogP contribution is -2.33. The quantitative estimate of drug-likeness (QED) is 0.309. The Hall–Kier alpha value is -3.59. The predicted octanol–water partition coefficient (Wildman–Crippen LogP) is 5.72. The van der Waals surface area contributed by atoms with Crippen LogP contribution >= 0.6 is 23.2 Å². The Bertz CT molecular complexity index is 1520. The lowest BCUT2D eigenvalue weighted by molar-refractivity contribution is -0.131. The van der Waals surface area contributed by atoms with E-state index in [1.807, 2.05) is 25.9 Å². The van der Waals surface area contributed by atoms with Gasteiger partial charge in [0.15, 0.2) is 11.4 Å². The van der Waals surface area contributed by atoms with Crippen molar-refractivity contribution in [3.8, 4) is 17.2 Å². The van der Waals surface area contributed by atoms with E-state index in [9.17, 15) is 14.4 Å². The number of likely N-dealkylation sites (N-methyl/N-ethyl adjacent to an activating group) is 1. The first-order valence-corrected chi connectivity index (χ1v) is 12.6. The molecule has 0 aliphatic carbocycles. The van der Waals surface area contributed by atoms with Gasteiger partial charge in [0.1, 0.15) is 11.5 Å².